The molecule has 2 rings (SSSR count). The average molecular weight is 253 g/mol. The summed E-state index contributed by atoms with van der Waals surface area (Å²) in [7, 11) is 1.61. The lowest BCUT2D eigenvalue weighted by Gasteiger charge is -2.40. The van der Waals surface area contributed by atoms with Gasteiger partial charge < -0.3 is 19.8 Å². The lowest BCUT2D eigenvalue weighted by atomic mass is 9.91. The number of aliphatic hydroxyl groups excluding tert-OH is 1. The molecule has 0 aromatic carbocycles. The Kier molecular flexibility index (Phi) is 3.79. The number of rotatable bonds is 3. The molecule has 1 fully saturated rings. The zero-order valence-corrected chi connectivity index (χ0v) is 10.7. The summed E-state index contributed by atoms with van der Waals surface area (Å²) >= 11 is 0. The van der Waals surface area contributed by atoms with Gasteiger partial charge in [-0.2, -0.15) is 0 Å². The van der Waals surface area contributed by atoms with Crippen LogP contribution in [0.3, 0.4) is 0 Å². The predicted molar refractivity (Wildman–Crippen MR) is 66.2 cm³/mol. The van der Waals surface area contributed by atoms with E-state index in [1.165, 1.54) is 6.33 Å². The lowest BCUT2D eigenvalue weighted by Crippen LogP contribution is -2.54. The van der Waals surface area contributed by atoms with E-state index in [1.807, 2.05) is 11.0 Å². The number of anilines is 1. The maximum absolute atomic E-state index is 9.92. The zero-order valence-electron chi connectivity index (χ0n) is 10.7. The van der Waals surface area contributed by atoms with Crippen LogP contribution < -0.4 is 4.90 Å². The number of hydrogen-bond acceptors (Lipinski definition) is 6. The van der Waals surface area contributed by atoms with E-state index in [9.17, 15) is 10.2 Å². The maximum Gasteiger partial charge on any atom is 0.132 e. The predicted octanol–water partition coefficient (Wildman–Crippen LogP) is -0.0550. The maximum atomic E-state index is 9.92. The average Bonchev–Trinajstić information content (AvgIpc) is 2.33. The number of nitrogens with zero attached hydrogens (tertiary/aromatic N) is 3. The summed E-state index contributed by atoms with van der Waals surface area (Å²) < 4.78 is 5.03. The summed E-state index contributed by atoms with van der Waals surface area (Å²) in [6.45, 7) is 3.12. The van der Waals surface area contributed by atoms with Gasteiger partial charge in [0.25, 0.3) is 0 Å². The quantitative estimate of drug-likeness (QED) is 0.786. The van der Waals surface area contributed by atoms with E-state index in [1.54, 1.807) is 14.0 Å². The number of hydrogen-bond donors (Lipinski definition) is 2. The molecule has 1 aromatic heterocycles. The zero-order chi connectivity index (χ0) is 13.2. The molecular weight excluding hydrogens is 234 g/mol. The first-order valence-electron chi connectivity index (χ1n) is 5.98. The highest BCUT2D eigenvalue weighted by molar-refractivity contribution is 5.40. The van der Waals surface area contributed by atoms with Gasteiger partial charge in [0, 0.05) is 26.3 Å². The van der Waals surface area contributed by atoms with E-state index in [0.29, 0.717) is 26.1 Å². The topological polar surface area (TPSA) is 78.7 Å². The highest BCUT2D eigenvalue weighted by atomic mass is 16.5. The summed E-state index contributed by atoms with van der Waals surface area (Å²) in [4.78, 5) is 10.2. The van der Waals surface area contributed by atoms with Gasteiger partial charge in [-0.1, -0.05) is 0 Å². The van der Waals surface area contributed by atoms with Gasteiger partial charge in [-0.15, -0.1) is 0 Å². The smallest absolute Gasteiger partial charge is 0.132 e. The molecule has 0 bridgehead atoms. The summed E-state index contributed by atoms with van der Waals surface area (Å²) in [5, 5.41) is 19.8. The van der Waals surface area contributed by atoms with Crippen molar-refractivity contribution in [1.82, 2.24) is 9.97 Å². The molecule has 1 saturated heterocycles. The first-order chi connectivity index (χ1) is 8.53. The SMILES string of the molecule is COCc1cc(N2CC[C@](C)(O)[C@H](O)C2)ncn1. The molecule has 0 amide bonds. The van der Waals surface area contributed by atoms with Crippen molar-refractivity contribution in [2.24, 2.45) is 0 Å². The Morgan fingerprint density at radius 2 is 2.33 bits per heavy atom. The first kappa shape index (κ1) is 13.2. The van der Waals surface area contributed by atoms with Gasteiger partial charge in [0.05, 0.1) is 24.0 Å². The normalized spacial score (nSPS) is 28.4. The summed E-state index contributed by atoms with van der Waals surface area (Å²) in [6.07, 6.45) is 1.23. The minimum atomic E-state index is -1.01. The van der Waals surface area contributed by atoms with Gasteiger partial charge >= 0.3 is 0 Å². The highest BCUT2D eigenvalue weighted by Crippen LogP contribution is 2.25. The van der Waals surface area contributed by atoms with Crippen LogP contribution in [-0.4, -0.2) is 52.1 Å². The van der Waals surface area contributed by atoms with Gasteiger partial charge in [0.2, 0.25) is 0 Å². The van der Waals surface area contributed by atoms with E-state index in [0.717, 1.165) is 11.5 Å². The minimum absolute atomic E-state index is 0.371. The standard InChI is InChI=1S/C12H19N3O3/c1-12(17)3-4-15(6-10(12)16)11-5-9(7-18-2)13-8-14-11/h5,8,10,16-17H,3-4,6-7H2,1-2H3/t10-,12+/m1/s1. The molecule has 1 aliphatic heterocycles. The first-order valence-corrected chi connectivity index (χ1v) is 5.98. The molecule has 0 aliphatic carbocycles. The monoisotopic (exact) mass is 253 g/mol. The molecular formula is C12H19N3O3. The highest BCUT2D eigenvalue weighted by Gasteiger charge is 2.36. The number of aromatic nitrogens is 2. The van der Waals surface area contributed by atoms with Crippen LogP contribution in [-0.2, 0) is 11.3 Å². The van der Waals surface area contributed by atoms with Crippen molar-refractivity contribution in [3.05, 3.63) is 18.1 Å². The molecule has 18 heavy (non-hydrogen) atoms. The number of β-amino-alcohol motifs (C(OH)–C–C–N with tert-alkyl or cyclic N) is 1. The van der Waals surface area contributed by atoms with Crippen molar-refractivity contribution in [3.8, 4) is 0 Å². The van der Waals surface area contributed by atoms with Crippen molar-refractivity contribution < 1.29 is 14.9 Å². The van der Waals surface area contributed by atoms with E-state index in [2.05, 4.69) is 9.97 Å². The van der Waals surface area contributed by atoms with Crippen molar-refractivity contribution >= 4 is 5.82 Å². The Bertz CT molecular complexity index is 411. The fourth-order valence-corrected chi connectivity index (χ4v) is 2.02. The number of ether oxygens (including phenoxy) is 1. The number of aliphatic hydroxyl groups is 2. The van der Waals surface area contributed by atoms with E-state index >= 15 is 0 Å². The van der Waals surface area contributed by atoms with Crippen LogP contribution in [0.5, 0.6) is 0 Å². The molecule has 0 spiro atoms. The van der Waals surface area contributed by atoms with E-state index in [4.69, 9.17) is 4.74 Å². The molecule has 100 valence electrons. The summed E-state index contributed by atoms with van der Waals surface area (Å²) in [6, 6.07) is 1.84. The Morgan fingerprint density at radius 3 is 3.00 bits per heavy atom. The van der Waals surface area contributed by atoms with Crippen LogP contribution >= 0.6 is 0 Å². The van der Waals surface area contributed by atoms with Gasteiger partial charge in [-0.25, -0.2) is 9.97 Å². The molecule has 6 nitrogen and oxygen atoms in total. The van der Waals surface area contributed by atoms with Gasteiger partial charge in [0.1, 0.15) is 12.1 Å². The second-order valence-electron chi connectivity index (χ2n) is 4.87. The van der Waals surface area contributed by atoms with Gasteiger partial charge in [-0.05, 0) is 13.3 Å². The van der Waals surface area contributed by atoms with Crippen LogP contribution in [0.2, 0.25) is 0 Å². The molecule has 2 atom stereocenters. The molecule has 2 N–H and O–H groups in total. The van der Waals surface area contributed by atoms with Crippen LogP contribution in [0.4, 0.5) is 5.82 Å². The molecule has 1 aromatic rings. The number of piperidine rings is 1. The molecule has 2 heterocycles. The van der Waals surface area contributed by atoms with Crippen molar-refractivity contribution in [2.45, 2.75) is 31.7 Å². The second kappa shape index (κ2) is 5.17. The fourth-order valence-electron chi connectivity index (χ4n) is 2.02. The second-order valence-corrected chi connectivity index (χ2v) is 4.87. The van der Waals surface area contributed by atoms with Crippen molar-refractivity contribution in [3.63, 3.8) is 0 Å². The molecule has 0 saturated carbocycles. The number of methoxy groups -OCH3 is 1. The third-order valence-electron chi connectivity index (χ3n) is 3.32. The fraction of sp³-hybridized carbons (Fsp3) is 0.667. The van der Waals surface area contributed by atoms with Crippen LogP contribution in [0.1, 0.15) is 19.0 Å². The van der Waals surface area contributed by atoms with E-state index < -0.39 is 11.7 Å². The Balaban J connectivity index is 2.10. The Labute approximate surface area is 106 Å². The van der Waals surface area contributed by atoms with Crippen LogP contribution in [0.15, 0.2) is 12.4 Å². The molecule has 0 radical (unpaired) electrons. The lowest BCUT2D eigenvalue weighted by molar-refractivity contribution is -0.0722. The van der Waals surface area contributed by atoms with Gasteiger partial charge in [0.15, 0.2) is 0 Å². The third kappa shape index (κ3) is 2.77. The Morgan fingerprint density at radius 1 is 1.56 bits per heavy atom. The van der Waals surface area contributed by atoms with E-state index in [-0.39, 0.29) is 0 Å². The molecule has 6 heteroatoms. The minimum Gasteiger partial charge on any atom is -0.388 e. The van der Waals surface area contributed by atoms with Crippen LogP contribution in [0.25, 0.3) is 0 Å². The third-order valence-corrected chi connectivity index (χ3v) is 3.32. The summed E-state index contributed by atoms with van der Waals surface area (Å²) in [5.74, 6) is 0.756. The van der Waals surface area contributed by atoms with Crippen LogP contribution in [0, 0.1) is 0 Å². The molecule has 0 unspecified atom stereocenters. The molecule has 1 aliphatic rings. The van der Waals surface area contributed by atoms with Gasteiger partial charge in [-0.3, -0.25) is 0 Å². The Hall–Kier alpha value is -1.24. The van der Waals surface area contributed by atoms with Crippen molar-refractivity contribution in [2.75, 3.05) is 25.1 Å². The summed E-state index contributed by atoms with van der Waals surface area (Å²) in [5.41, 5.74) is -0.215. The largest absolute Gasteiger partial charge is 0.388 e. The van der Waals surface area contributed by atoms with Crippen molar-refractivity contribution in [1.29, 1.82) is 0 Å².